The summed E-state index contributed by atoms with van der Waals surface area (Å²) < 4.78 is 2.79. The highest BCUT2D eigenvalue weighted by molar-refractivity contribution is 6.45. The summed E-state index contributed by atoms with van der Waals surface area (Å²) in [6, 6.07) is 11.6. The summed E-state index contributed by atoms with van der Waals surface area (Å²) in [4.78, 5) is 27.6. The van der Waals surface area contributed by atoms with Crippen molar-refractivity contribution in [3.63, 3.8) is 0 Å². The van der Waals surface area contributed by atoms with Gasteiger partial charge in [-0.1, -0.05) is 17.7 Å². The minimum Gasteiger partial charge on any atom is -0.858 e. The monoisotopic (exact) mass is 422 g/mol. The van der Waals surface area contributed by atoms with E-state index in [2.05, 4.69) is 5.10 Å². The summed E-state index contributed by atoms with van der Waals surface area (Å²) in [6.07, 6.45) is 3.35. The molecule has 0 saturated heterocycles. The van der Waals surface area contributed by atoms with Gasteiger partial charge in [-0.15, -0.1) is 0 Å². The van der Waals surface area contributed by atoms with Gasteiger partial charge in [-0.3, -0.25) is 14.5 Å². The highest BCUT2D eigenvalue weighted by Gasteiger charge is 2.47. The first-order valence-corrected chi connectivity index (χ1v) is 9.80. The molecule has 0 unspecified atom stereocenters. The molecule has 3 aromatic rings. The van der Waals surface area contributed by atoms with Crippen LogP contribution in [0, 0.1) is 6.92 Å². The predicted molar refractivity (Wildman–Crippen MR) is 109 cm³/mol. The number of nitrogens with zero attached hydrogens (tertiary/aromatic N) is 4. The van der Waals surface area contributed by atoms with Crippen LogP contribution in [0.5, 0.6) is 5.88 Å². The van der Waals surface area contributed by atoms with Crippen LogP contribution in [0.1, 0.15) is 25.1 Å². The van der Waals surface area contributed by atoms with E-state index in [0.717, 1.165) is 0 Å². The average Bonchev–Trinajstić information content (AvgIpc) is 3.14. The molecule has 3 heterocycles. The van der Waals surface area contributed by atoms with E-state index in [1.165, 1.54) is 9.58 Å². The van der Waals surface area contributed by atoms with E-state index >= 15 is 0 Å². The smallest absolute Gasteiger partial charge is 0.327 e. The minimum atomic E-state index is -0.503. The Kier molecular flexibility index (Phi) is 4.91. The Hall–Kier alpha value is -3.45. The normalized spacial score (nSPS) is 14.4. The van der Waals surface area contributed by atoms with Crippen molar-refractivity contribution in [2.75, 3.05) is 0 Å². The number of aromatic nitrogens is 3. The lowest BCUT2D eigenvalue weighted by atomic mass is 10.0. The number of halogens is 1. The molecular weight excluding hydrogens is 404 g/mol. The number of carbonyl (C=O) groups is 2. The summed E-state index contributed by atoms with van der Waals surface area (Å²) in [5.74, 6) is -1.41. The molecule has 152 valence electrons. The van der Waals surface area contributed by atoms with Crippen LogP contribution in [0.3, 0.4) is 0 Å². The van der Waals surface area contributed by atoms with Crippen LogP contribution in [-0.4, -0.2) is 32.5 Å². The third kappa shape index (κ3) is 3.07. The zero-order valence-electron chi connectivity index (χ0n) is 16.7. The Balaban J connectivity index is 1.96. The summed E-state index contributed by atoms with van der Waals surface area (Å²) in [5, 5.41) is 18.2. The Bertz CT molecular complexity index is 1180. The number of benzene rings is 1. The molecule has 0 aliphatic carbocycles. The number of hydrogen-bond acceptors (Lipinski definition) is 4. The van der Waals surface area contributed by atoms with Crippen molar-refractivity contribution in [2.24, 2.45) is 0 Å². The van der Waals surface area contributed by atoms with Gasteiger partial charge >= 0.3 is 5.91 Å². The van der Waals surface area contributed by atoms with Gasteiger partial charge in [0.2, 0.25) is 0 Å². The third-order valence-electron chi connectivity index (χ3n) is 4.92. The van der Waals surface area contributed by atoms with E-state index in [9.17, 15) is 14.7 Å². The van der Waals surface area contributed by atoms with E-state index in [-0.39, 0.29) is 22.9 Å². The molecule has 8 heteroatoms. The average molecular weight is 423 g/mol. The van der Waals surface area contributed by atoms with E-state index in [1.54, 1.807) is 80.2 Å². The molecule has 0 saturated carbocycles. The maximum absolute atomic E-state index is 13.3. The molecule has 2 aromatic heterocycles. The summed E-state index contributed by atoms with van der Waals surface area (Å²) in [6.45, 7) is 5.17. The molecule has 2 amide bonds. The van der Waals surface area contributed by atoms with Gasteiger partial charge in [0.25, 0.3) is 11.6 Å². The summed E-state index contributed by atoms with van der Waals surface area (Å²) >= 11 is 5.94. The number of hydrogen-bond donors (Lipinski definition) is 0. The van der Waals surface area contributed by atoms with Crippen LogP contribution < -0.4 is 9.67 Å². The predicted octanol–water partition coefficient (Wildman–Crippen LogP) is 2.34. The molecule has 7 nitrogen and oxygen atoms in total. The van der Waals surface area contributed by atoms with Crippen LogP contribution >= 0.6 is 11.6 Å². The quantitative estimate of drug-likeness (QED) is 0.477. The first-order chi connectivity index (χ1) is 14.3. The van der Waals surface area contributed by atoms with Crippen LogP contribution in [-0.2, 0) is 9.59 Å². The van der Waals surface area contributed by atoms with E-state index in [0.29, 0.717) is 16.4 Å². The topological polar surface area (TPSA) is 82.1 Å². The number of amides is 2. The van der Waals surface area contributed by atoms with Gasteiger partial charge in [0, 0.05) is 28.8 Å². The Labute approximate surface area is 178 Å². The van der Waals surface area contributed by atoms with Crippen molar-refractivity contribution in [1.29, 1.82) is 0 Å². The molecule has 1 aromatic carbocycles. The van der Waals surface area contributed by atoms with Crippen molar-refractivity contribution in [2.45, 2.75) is 26.8 Å². The second kappa shape index (κ2) is 7.42. The van der Waals surface area contributed by atoms with Crippen molar-refractivity contribution < 1.29 is 19.3 Å². The fourth-order valence-electron chi connectivity index (χ4n) is 3.57. The van der Waals surface area contributed by atoms with E-state index in [1.807, 2.05) is 0 Å². The number of pyridine rings is 1. The van der Waals surface area contributed by atoms with Gasteiger partial charge in [-0.25, -0.2) is 4.68 Å². The lowest BCUT2D eigenvalue weighted by Crippen LogP contribution is -2.42. The molecule has 0 bridgehead atoms. The second-order valence-corrected chi connectivity index (χ2v) is 7.67. The van der Waals surface area contributed by atoms with Crippen molar-refractivity contribution in [3.8, 4) is 11.6 Å². The van der Waals surface area contributed by atoms with Crippen molar-refractivity contribution >= 4 is 34.7 Å². The van der Waals surface area contributed by atoms with Gasteiger partial charge < -0.3 is 5.11 Å². The molecule has 0 spiro atoms. The number of imide groups is 1. The number of carbonyl (C=O) groups excluding carboxylic acids is 2. The molecule has 4 rings (SSSR count). The first-order valence-electron chi connectivity index (χ1n) is 9.43. The molecule has 0 atom stereocenters. The molecule has 0 fully saturated rings. The first kappa shape index (κ1) is 19.8. The number of rotatable bonds is 4. The van der Waals surface area contributed by atoms with Crippen LogP contribution in [0.2, 0.25) is 5.02 Å². The third-order valence-corrected chi connectivity index (χ3v) is 5.17. The molecule has 0 radical (unpaired) electrons. The standard InChI is InChI=1S/C22H19ClN4O3/c1-13(2)26-20(28)18(19(22(26)30)25-11-5-4-6-12-25)17-14(3)24-27(21(17)29)16-9-7-15(23)8-10-16/h4-13H,1-3H3. The maximum Gasteiger partial charge on any atom is 0.327 e. The lowest BCUT2D eigenvalue weighted by molar-refractivity contribution is -0.576. The largest absolute Gasteiger partial charge is 0.858 e. The molecule has 30 heavy (non-hydrogen) atoms. The zero-order chi connectivity index (χ0) is 21.6. The fourth-order valence-corrected chi connectivity index (χ4v) is 3.69. The molecular formula is C22H19ClN4O3. The van der Waals surface area contributed by atoms with Gasteiger partial charge in [0.05, 0.1) is 11.4 Å². The minimum absolute atomic E-state index is 0.0626. The van der Waals surface area contributed by atoms with Crippen LogP contribution in [0.25, 0.3) is 17.0 Å². The highest BCUT2D eigenvalue weighted by Crippen LogP contribution is 2.37. The SMILES string of the molecule is Cc1nn(-c2ccc(Cl)cc2)c([O-])c1C1=C([n+]2ccccc2)C(=O)N(C(C)C)C1=O. The zero-order valence-corrected chi connectivity index (χ0v) is 17.4. The summed E-state index contributed by atoms with van der Waals surface area (Å²) in [5.41, 5.74) is 1.21. The molecule has 1 aliphatic rings. The molecule has 1 aliphatic heterocycles. The Morgan fingerprint density at radius 1 is 1.03 bits per heavy atom. The summed E-state index contributed by atoms with van der Waals surface area (Å²) in [7, 11) is 0. The maximum atomic E-state index is 13.3. The Morgan fingerprint density at radius 3 is 2.27 bits per heavy atom. The van der Waals surface area contributed by atoms with Crippen LogP contribution in [0.4, 0.5) is 0 Å². The second-order valence-electron chi connectivity index (χ2n) is 7.23. The highest BCUT2D eigenvalue weighted by atomic mass is 35.5. The number of aryl methyl sites for hydroxylation is 1. The molecule has 0 N–H and O–H groups in total. The van der Waals surface area contributed by atoms with Crippen molar-refractivity contribution in [1.82, 2.24) is 14.7 Å². The van der Waals surface area contributed by atoms with Crippen LogP contribution in [0.15, 0.2) is 54.9 Å². The fraction of sp³-hybridized carbons (Fsp3) is 0.182. The van der Waals surface area contributed by atoms with E-state index < -0.39 is 17.7 Å². The van der Waals surface area contributed by atoms with Gasteiger partial charge in [-0.2, -0.15) is 9.67 Å². The van der Waals surface area contributed by atoms with E-state index in [4.69, 9.17) is 11.6 Å². The van der Waals surface area contributed by atoms with Gasteiger partial charge in [0.1, 0.15) is 5.57 Å². The Morgan fingerprint density at radius 2 is 1.67 bits per heavy atom. The van der Waals surface area contributed by atoms with Gasteiger partial charge in [0.15, 0.2) is 12.4 Å². The van der Waals surface area contributed by atoms with Crippen molar-refractivity contribution in [3.05, 3.63) is 71.1 Å². The van der Waals surface area contributed by atoms with Gasteiger partial charge in [-0.05, 0) is 50.9 Å². The lowest BCUT2D eigenvalue weighted by Gasteiger charge is -2.18.